The molecular formula is C10H12F3N3. The van der Waals surface area contributed by atoms with Gasteiger partial charge in [-0.05, 0) is 25.0 Å². The molecule has 16 heavy (non-hydrogen) atoms. The van der Waals surface area contributed by atoms with Crippen LogP contribution in [-0.2, 0) is 6.18 Å². The molecule has 2 rings (SSSR count). The van der Waals surface area contributed by atoms with Crippen molar-refractivity contribution >= 4 is 5.82 Å². The zero-order valence-corrected chi connectivity index (χ0v) is 8.46. The lowest BCUT2D eigenvalue weighted by Crippen LogP contribution is -2.44. The van der Waals surface area contributed by atoms with E-state index in [-0.39, 0.29) is 17.9 Å². The van der Waals surface area contributed by atoms with Gasteiger partial charge in [-0.3, -0.25) is 0 Å². The van der Waals surface area contributed by atoms with Crippen molar-refractivity contribution in [3.63, 3.8) is 0 Å². The summed E-state index contributed by atoms with van der Waals surface area (Å²) < 4.78 is 37.8. The van der Waals surface area contributed by atoms with E-state index in [4.69, 9.17) is 5.73 Å². The second kappa shape index (κ2) is 3.93. The Hall–Kier alpha value is -1.30. The Kier molecular flexibility index (Phi) is 2.75. The molecule has 0 radical (unpaired) electrons. The zero-order chi connectivity index (χ0) is 11.8. The Bertz CT molecular complexity index is 372. The van der Waals surface area contributed by atoms with E-state index in [1.807, 2.05) is 0 Å². The minimum absolute atomic E-state index is 0.00556. The fraction of sp³-hybridized carbons (Fsp3) is 0.500. The molecule has 0 amide bonds. The van der Waals surface area contributed by atoms with Crippen molar-refractivity contribution in [2.45, 2.75) is 31.1 Å². The average Bonchev–Trinajstić information content (AvgIpc) is 2.14. The highest BCUT2D eigenvalue weighted by Crippen LogP contribution is 2.34. The van der Waals surface area contributed by atoms with Crippen molar-refractivity contribution in [2.75, 3.05) is 5.32 Å². The first-order valence-corrected chi connectivity index (χ1v) is 5.01. The number of aromatic nitrogens is 1. The molecule has 1 aliphatic rings. The lowest BCUT2D eigenvalue weighted by atomic mass is 9.87. The topological polar surface area (TPSA) is 50.9 Å². The molecular weight excluding hydrogens is 219 g/mol. The van der Waals surface area contributed by atoms with Crippen molar-refractivity contribution in [1.82, 2.24) is 4.98 Å². The first-order chi connectivity index (χ1) is 7.47. The minimum atomic E-state index is -4.37. The fourth-order valence-corrected chi connectivity index (χ4v) is 1.72. The first kappa shape index (κ1) is 11.2. The van der Waals surface area contributed by atoms with Crippen LogP contribution in [0.3, 0.4) is 0 Å². The highest BCUT2D eigenvalue weighted by Gasteiger charge is 2.35. The standard InChI is InChI=1S/C10H12F3N3/c11-10(12,13)8-2-1-3-15-9(8)16-7-4-6(14)5-7/h1-3,6-7H,4-5,14H2,(H,15,16). The first-order valence-electron chi connectivity index (χ1n) is 5.01. The summed E-state index contributed by atoms with van der Waals surface area (Å²) >= 11 is 0. The number of alkyl halides is 3. The molecule has 1 saturated carbocycles. The molecule has 0 saturated heterocycles. The third-order valence-corrected chi connectivity index (χ3v) is 2.63. The normalized spacial score (nSPS) is 25.0. The summed E-state index contributed by atoms with van der Waals surface area (Å²) in [5.41, 5.74) is 4.84. The van der Waals surface area contributed by atoms with Crippen molar-refractivity contribution in [1.29, 1.82) is 0 Å². The van der Waals surface area contributed by atoms with Crippen LogP contribution in [0.2, 0.25) is 0 Å². The molecule has 6 heteroatoms. The molecule has 0 atom stereocenters. The largest absolute Gasteiger partial charge is 0.419 e. The maximum absolute atomic E-state index is 12.6. The van der Waals surface area contributed by atoms with Crippen LogP contribution in [0.15, 0.2) is 18.3 Å². The Morgan fingerprint density at radius 3 is 2.62 bits per heavy atom. The van der Waals surface area contributed by atoms with E-state index in [0.29, 0.717) is 12.8 Å². The summed E-state index contributed by atoms with van der Waals surface area (Å²) in [6, 6.07) is 2.40. The van der Waals surface area contributed by atoms with Gasteiger partial charge < -0.3 is 11.1 Å². The molecule has 0 spiro atoms. The van der Waals surface area contributed by atoms with Crippen LogP contribution in [0, 0.1) is 0 Å². The van der Waals surface area contributed by atoms with Crippen LogP contribution in [0.25, 0.3) is 0 Å². The van der Waals surface area contributed by atoms with Crippen LogP contribution in [0.4, 0.5) is 19.0 Å². The number of anilines is 1. The lowest BCUT2D eigenvalue weighted by Gasteiger charge is -2.33. The molecule has 1 aromatic rings. The smallest absolute Gasteiger partial charge is 0.367 e. The SMILES string of the molecule is NC1CC(Nc2ncccc2C(F)(F)F)C1. The van der Waals surface area contributed by atoms with E-state index in [1.54, 1.807) is 0 Å². The maximum atomic E-state index is 12.6. The third-order valence-electron chi connectivity index (χ3n) is 2.63. The van der Waals surface area contributed by atoms with Crippen LogP contribution in [-0.4, -0.2) is 17.1 Å². The van der Waals surface area contributed by atoms with E-state index in [0.717, 1.165) is 6.07 Å². The minimum Gasteiger partial charge on any atom is -0.367 e. The van der Waals surface area contributed by atoms with Crippen molar-refractivity contribution in [2.24, 2.45) is 5.73 Å². The molecule has 1 aliphatic carbocycles. The number of rotatable bonds is 2. The molecule has 0 bridgehead atoms. The van der Waals surface area contributed by atoms with Gasteiger partial charge in [0.05, 0.1) is 5.56 Å². The van der Waals surface area contributed by atoms with Crippen molar-refractivity contribution < 1.29 is 13.2 Å². The second-order valence-corrected chi connectivity index (χ2v) is 3.97. The maximum Gasteiger partial charge on any atom is 0.419 e. The zero-order valence-electron chi connectivity index (χ0n) is 8.46. The van der Waals surface area contributed by atoms with E-state index in [1.165, 1.54) is 12.3 Å². The summed E-state index contributed by atoms with van der Waals surface area (Å²) in [4.78, 5) is 3.72. The number of hydrogen-bond acceptors (Lipinski definition) is 3. The van der Waals surface area contributed by atoms with Gasteiger partial charge in [-0.25, -0.2) is 4.98 Å². The average molecular weight is 231 g/mol. The third kappa shape index (κ3) is 2.27. The molecule has 1 heterocycles. The molecule has 0 unspecified atom stereocenters. The van der Waals surface area contributed by atoms with Crippen LogP contribution >= 0.6 is 0 Å². The summed E-state index contributed by atoms with van der Waals surface area (Å²) in [6.45, 7) is 0. The van der Waals surface area contributed by atoms with E-state index >= 15 is 0 Å². The molecule has 88 valence electrons. The van der Waals surface area contributed by atoms with Gasteiger partial charge in [-0.2, -0.15) is 13.2 Å². The number of nitrogens with zero attached hydrogens (tertiary/aromatic N) is 1. The molecule has 1 aromatic heterocycles. The van der Waals surface area contributed by atoms with Crippen molar-refractivity contribution in [3.8, 4) is 0 Å². The Morgan fingerprint density at radius 2 is 2.06 bits per heavy atom. The monoisotopic (exact) mass is 231 g/mol. The Labute approximate surface area is 90.9 Å². The summed E-state index contributed by atoms with van der Waals surface area (Å²) in [5, 5.41) is 2.77. The van der Waals surface area contributed by atoms with Gasteiger partial charge in [0, 0.05) is 18.3 Å². The molecule has 0 aliphatic heterocycles. The molecule has 0 aromatic carbocycles. The predicted octanol–water partition coefficient (Wildman–Crippen LogP) is 2.00. The summed E-state index contributed by atoms with van der Waals surface area (Å²) in [5.74, 6) is -0.105. The van der Waals surface area contributed by atoms with Gasteiger partial charge in [-0.15, -0.1) is 0 Å². The fourth-order valence-electron chi connectivity index (χ4n) is 1.72. The number of nitrogens with one attached hydrogen (secondary N) is 1. The van der Waals surface area contributed by atoms with Crippen LogP contribution in [0.1, 0.15) is 18.4 Å². The summed E-state index contributed by atoms with van der Waals surface area (Å²) in [6.07, 6.45) is -1.65. The van der Waals surface area contributed by atoms with Gasteiger partial charge in [0.25, 0.3) is 0 Å². The quantitative estimate of drug-likeness (QED) is 0.818. The van der Waals surface area contributed by atoms with Crippen LogP contribution < -0.4 is 11.1 Å². The van der Waals surface area contributed by atoms with Gasteiger partial charge in [-0.1, -0.05) is 0 Å². The van der Waals surface area contributed by atoms with Gasteiger partial charge in [0.15, 0.2) is 0 Å². The number of hydrogen-bond donors (Lipinski definition) is 2. The van der Waals surface area contributed by atoms with E-state index in [9.17, 15) is 13.2 Å². The van der Waals surface area contributed by atoms with Gasteiger partial charge in [0.1, 0.15) is 5.82 Å². The Balaban J connectivity index is 2.14. The summed E-state index contributed by atoms with van der Waals surface area (Å²) in [7, 11) is 0. The molecule has 1 fully saturated rings. The van der Waals surface area contributed by atoms with E-state index in [2.05, 4.69) is 10.3 Å². The van der Waals surface area contributed by atoms with Gasteiger partial charge in [0.2, 0.25) is 0 Å². The van der Waals surface area contributed by atoms with Gasteiger partial charge >= 0.3 is 6.18 Å². The predicted molar refractivity (Wildman–Crippen MR) is 53.9 cm³/mol. The number of pyridine rings is 1. The molecule has 3 N–H and O–H groups in total. The number of nitrogens with two attached hydrogens (primary N) is 1. The highest BCUT2D eigenvalue weighted by molar-refractivity contribution is 5.46. The number of halogens is 3. The van der Waals surface area contributed by atoms with Crippen LogP contribution in [0.5, 0.6) is 0 Å². The Morgan fingerprint density at radius 1 is 1.38 bits per heavy atom. The second-order valence-electron chi connectivity index (χ2n) is 3.97. The molecule has 3 nitrogen and oxygen atoms in total. The highest BCUT2D eigenvalue weighted by atomic mass is 19.4. The van der Waals surface area contributed by atoms with E-state index < -0.39 is 11.7 Å². The van der Waals surface area contributed by atoms with Crippen molar-refractivity contribution in [3.05, 3.63) is 23.9 Å². The lowest BCUT2D eigenvalue weighted by molar-refractivity contribution is -0.137.